The van der Waals surface area contributed by atoms with Crippen LogP contribution >= 0.6 is 0 Å². The van der Waals surface area contributed by atoms with Gasteiger partial charge in [-0.1, -0.05) is 63.3 Å². The van der Waals surface area contributed by atoms with Crippen LogP contribution in [0.15, 0.2) is 24.3 Å². The van der Waals surface area contributed by atoms with Gasteiger partial charge in [0.25, 0.3) is 0 Å². The van der Waals surface area contributed by atoms with Gasteiger partial charge in [-0.2, -0.15) is 0 Å². The number of allylic oxidation sites excluding steroid dienone is 4. The highest BCUT2D eigenvalue weighted by molar-refractivity contribution is 5.01. The highest BCUT2D eigenvalue weighted by atomic mass is 16.7. The second-order valence-corrected chi connectivity index (χ2v) is 5.66. The van der Waals surface area contributed by atoms with Gasteiger partial charge in [0, 0.05) is 13.2 Å². The van der Waals surface area contributed by atoms with Crippen LogP contribution in [-0.4, -0.2) is 19.5 Å². The van der Waals surface area contributed by atoms with E-state index >= 15 is 0 Å². The second-order valence-electron chi connectivity index (χ2n) is 5.66. The monoisotopic (exact) mass is 310 g/mol. The van der Waals surface area contributed by atoms with E-state index in [0.717, 1.165) is 26.1 Å². The van der Waals surface area contributed by atoms with Crippen LogP contribution in [0.1, 0.15) is 85.0 Å². The summed E-state index contributed by atoms with van der Waals surface area (Å²) >= 11 is 0. The van der Waals surface area contributed by atoms with Gasteiger partial charge in [0.15, 0.2) is 6.29 Å². The SMILES string of the molecule is CCC=CC=CCCCCCCCCCC(OCC)OCC. The van der Waals surface area contributed by atoms with Crippen molar-refractivity contribution in [3.8, 4) is 0 Å². The van der Waals surface area contributed by atoms with Crippen molar-refractivity contribution in [1.29, 1.82) is 0 Å². The summed E-state index contributed by atoms with van der Waals surface area (Å²) in [6.45, 7) is 7.71. The summed E-state index contributed by atoms with van der Waals surface area (Å²) in [5, 5.41) is 0. The van der Waals surface area contributed by atoms with Crippen molar-refractivity contribution < 1.29 is 9.47 Å². The lowest BCUT2D eigenvalue weighted by molar-refractivity contribution is -0.140. The summed E-state index contributed by atoms with van der Waals surface area (Å²) in [4.78, 5) is 0. The third-order valence-electron chi connectivity index (χ3n) is 3.63. The van der Waals surface area contributed by atoms with Crippen molar-refractivity contribution in [3.63, 3.8) is 0 Å². The van der Waals surface area contributed by atoms with E-state index in [-0.39, 0.29) is 6.29 Å². The summed E-state index contributed by atoms with van der Waals surface area (Å²) in [7, 11) is 0. The van der Waals surface area contributed by atoms with Crippen LogP contribution in [0.3, 0.4) is 0 Å². The molecule has 0 aliphatic heterocycles. The fourth-order valence-electron chi connectivity index (χ4n) is 2.43. The van der Waals surface area contributed by atoms with E-state index in [1.54, 1.807) is 0 Å². The lowest BCUT2D eigenvalue weighted by Gasteiger charge is -2.16. The topological polar surface area (TPSA) is 18.5 Å². The minimum absolute atomic E-state index is 0.0172. The summed E-state index contributed by atoms with van der Waals surface area (Å²) < 4.78 is 11.1. The first-order valence-electron chi connectivity index (χ1n) is 9.39. The maximum absolute atomic E-state index is 5.56. The molecule has 0 atom stereocenters. The van der Waals surface area contributed by atoms with Gasteiger partial charge in [0.05, 0.1) is 0 Å². The molecule has 0 aliphatic carbocycles. The van der Waals surface area contributed by atoms with E-state index in [0.29, 0.717) is 0 Å². The molecule has 0 saturated heterocycles. The molecule has 0 aromatic carbocycles. The van der Waals surface area contributed by atoms with Crippen molar-refractivity contribution in [2.45, 2.75) is 91.3 Å². The number of hydrogen-bond donors (Lipinski definition) is 0. The maximum atomic E-state index is 5.56. The predicted molar refractivity (Wildman–Crippen MR) is 97.2 cm³/mol. The summed E-state index contributed by atoms with van der Waals surface area (Å²) in [6.07, 6.45) is 21.5. The Morgan fingerprint density at radius 2 is 1.23 bits per heavy atom. The molecule has 0 aromatic heterocycles. The highest BCUT2D eigenvalue weighted by Crippen LogP contribution is 2.12. The molecule has 0 unspecified atom stereocenters. The molecule has 0 spiro atoms. The van der Waals surface area contributed by atoms with Crippen LogP contribution in [0, 0.1) is 0 Å². The minimum atomic E-state index is 0.0172. The first-order chi connectivity index (χ1) is 10.8. The Hall–Kier alpha value is -0.600. The minimum Gasteiger partial charge on any atom is -0.353 e. The molecule has 2 nitrogen and oxygen atoms in total. The molecule has 22 heavy (non-hydrogen) atoms. The van der Waals surface area contributed by atoms with Gasteiger partial charge < -0.3 is 9.47 Å². The molecule has 0 rings (SSSR count). The normalized spacial score (nSPS) is 12.2. The van der Waals surface area contributed by atoms with Gasteiger partial charge in [-0.05, 0) is 46.0 Å². The molecular weight excluding hydrogens is 272 g/mol. The number of rotatable bonds is 16. The Bertz CT molecular complexity index is 252. The maximum Gasteiger partial charge on any atom is 0.157 e. The van der Waals surface area contributed by atoms with Crippen molar-refractivity contribution in [2.24, 2.45) is 0 Å². The molecule has 0 aromatic rings. The van der Waals surface area contributed by atoms with E-state index in [1.165, 1.54) is 51.4 Å². The average molecular weight is 311 g/mol. The molecule has 130 valence electrons. The van der Waals surface area contributed by atoms with Gasteiger partial charge in [-0.3, -0.25) is 0 Å². The molecule has 0 heterocycles. The number of unbranched alkanes of at least 4 members (excludes halogenated alkanes) is 7. The van der Waals surface area contributed by atoms with Gasteiger partial charge >= 0.3 is 0 Å². The Labute approximate surface area is 139 Å². The van der Waals surface area contributed by atoms with Crippen LogP contribution in [0.4, 0.5) is 0 Å². The largest absolute Gasteiger partial charge is 0.353 e. The molecule has 0 bridgehead atoms. The van der Waals surface area contributed by atoms with E-state index in [9.17, 15) is 0 Å². The van der Waals surface area contributed by atoms with E-state index in [2.05, 4.69) is 31.2 Å². The van der Waals surface area contributed by atoms with E-state index in [4.69, 9.17) is 9.47 Å². The first kappa shape index (κ1) is 21.4. The second kappa shape index (κ2) is 18.4. The van der Waals surface area contributed by atoms with Crippen molar-refractivity contribution in [1.82, 2.24) is 0 Å². The molecule has 0 radical (unpaired) electrons. The van der Waals surface area contributed by atoms with Gasteiger partial charge in [0.2, 0.25) is 0 Å². The van der Waals surface area contributed by atoms with Gasteiger partial charge in [-0.25, -0.2) is 0 Å². The summed E-state index contributed by atoms with van der Waals surface area (Å²) in [5.41, 5.74) is 0. The van der Waals surface area contributed by atoms with Gasteiger partial charge in [-0.15, -0.1) is 0 Å². The quantitative estimate of drug-likeness (QED) is 0.186. The van der Waals surface area contributed by atoms with Crippen LogP contribution in [-0.2, 0) is 9.47 Å². The Balaban J connectivity index is 3.29. The number of ether oxygens (including phenoxy) is 2. The Kier molecular flexibility index (Phi) is 17.9. The predicted octanol–water partition coefficient (Wildman–Crippen LogP) is 6.42. The average Bonchev–Trinajstić information content (AvgIpc) is 2.52. The van der Waals surface area contributed by atoms with Crippen molar-refractivity contribution in [3.05, 3.63) is 24.3 Å². The molecular formula is C20H38O2. The van der Waals surface area contributed by atoms with Crippen molar-refractivity contribution in [2.75, 3.05) is 13.2 Å². The smallest absolute Gasteiger partial charge is 0.157 e. The molecule has 0 aliphatic rings. The van der Waals surface area contributed by atoms with Crippen LogP contribution in [0.25, 0.3) is 0 Å². The van der Waals surface area contributed by atoms with E-state index in [1.807, 2.05) is 13.8 Å². The lowest BCUT2D eigenvalue weighted by atomic mass is 10.1. The standard InChI is InChI=1S/C20H38O2/c1-4-7-8-9-10-11-12-13-14-15-16-17-18-19-20(21-5-2)22-6-3/h7-10,20H,4-6,11-19H2,1-3H3. The fraction of sp³-hybridized carbons (Fsp3) is 0.800. The fourth-order valence-corrected chi connectivity index (χ4v) is 2.43. The van der Waals surface area contributed by atoms with Gasteiger partial charge in [0.1, 0.15) is 0 Å². The zero-order chi connectivity index (χ0) is 16.3. The third kappa shape index (κ3) is 15.8. The summed E-state index contributed by atoms with van der Waals surface area (Å²) in [5.74, 6) is 0. The first-order valence-corrected chi connectivity index (χ1v) is 9.39. The van der Waals surface area contributed by atoms with Crippen LogP contribution in [0.5, 0.6) is 0 Å². The third-order valence-corrected chi connectivity index (χ3v) is 3.63. The van der Waals surface area contributed by atoms with E-state index < -0.39 is 0 Å². The molecule has 0 saturated carbocycles. The Morgan fingerprint density at radius 1 is 0.682 bits per heavy atom. The Morgan fingerprint density at radius 3 is 1.82 bits per heavy atom. The molecule has 0 N–H and O–H groups in total. The molecule has 0 amide bonds. The summed E-state index contributed by atoms with van der Waals surface area (Å²) in [6, 6.07) is 0. The zero-order valence-corrected chi connectivity index (χ0v) is 15.2. The number of hydrogen-bond acceptors (Lipinski definition) is 2. The highest BCUT2D eigenvalue weighted by Gasteiger charge is 2.06. The van der Waals surface area contributed by atoms with Crippen LogP contribution < -0.4 is 0 Å². The lowest BCUT2D eigenvalue weighted by Crippen LogP contribution is -2.17. The zero-order valence-electron chi connectivity index (χ0n) is 15.2. The molecule has 0 fully saturated rings. The van der Waals surface area contributed by atoms with Crippen molar-refractivity contribution >= 4 is 0 Å². The molecule has 2 heteroatoms. The van der Waals surface area contributed by atoms with Crippen LogP contribution in [0.2, 0.25) is 0 Å².